The van der Waals surface area contributed by atoms with Gasteiger partial charge in [-0.05, 0) is 12.5 Å². The van der Waals surface area contributed by atoms with E-state index in [9.17, 15) is 4.79 Å². The number of aromatic nitrogens is 3. The quantitative estimate of drug-likeness (QED) is 0.855. The van der Waals surface area contributed by atoms with Crippen LogP contribution in [0.25, 0.3) is 0 Å². The highest BCUT2D eigenvalue weighted by molar-refractivity contribution is 5.86. The van der Waals surface area contributed by atoms with Crippen molar-refractivity contribution >= 4 is 5.78 Å². The Balaban J connectivity index is 2.09. The van der Waals surface area contributed by atoms with Crippen LogP contribution in [0.1, 0.15) is 24.4 Å². The second-order valence-electron chi connectivity index (χ2n) is 4.02. The van der Waals surface area contributed by atoms with Gasteiger partial charge in [0.25, 0.3) is 0 Å². The predicted octanol–water partition coefficient (Wildman–Crippen LogP) is 1.11. The first-order chi connectivity index (χ1) is 8.72. The number of hydrogen-bond acceptors (Lipinski definition) is 4. The molecule has 18 heavy (non-hydrogen) atoms. The van der Waals surface area contributed by atoms with E-state index in [0.29, 0.717) is 12.4 Å². The fraction of sp³-hybridized carbons (Fsp3) is 0.308. The Labute approximate surface area is 106 Å². The van der Waals surface area contributed by atoms with E-state index >= 15 is 0 Å². The first-order valence-corrected chi connectivity index (χ1v) is 5.92. The maximum atomic E-state index is 12.1. The third-order valence-corrected chi connectivity index (χ3v) is 2.83. The van der Waals surface area contributed by atoms with Crippen LogP contribution in [0, 0.1) is 0 Å². The molecule has 0 saturated carbocycles. The number of benzene rings is 1. The molecule has 0 amide bonds. The lowest BCUT2D eigenvalue weighted by atomic mass is 10.0. The third kappa shape index (κ3) is 2.62. The van der Waals surface area contributed by atoms with E-state index in [0.717, 1.165) is 5.56 Å². The van der Waals surface area contributed by atoms with Crippen molar-refractivity contribution in [2.24, 2.45) is 5.73 Å². The van der Waals surface area contributed by atoms with E-state index in [-0.39, 0.29) is 12.2 Å². The van der Waals surface area contributed by atoms with Gasteiger partial charge < -0.3 is 5.73 Å². The molecule has 0 aliphatic heterocycles. The van der Waals surface area contributed by atoms with Gasteiger partial charge >= 0.3 is 0 Å². The second kappa shape index (κ2) is 5.55. The Morgan fingerprint density at radius 3 is 2.78 bits per heavy atom. The topological polar surface area (TPSA) is 73.8 Å². The minimum atomic E-state index is -0.604. The molecule has 1 heterocycles. The van der Waals surface area contributed by atoms with Crippen LogP contribution in [0.15, 0.2) is 36.7 Å². The fourth-order valence-electron chi connectivity index (χ4n) is 1.80. The average Bonchev–Trinajstić information content (AvgIpc) is 2.86. The summed E-state index contributed by atoms with van der Waals surface area (Å²) in [6.07, 6.45) is 1.67. The van der Waals surface area contributed by atoms with Gasteiger partial charge in [0.05, 0.1) is 12.5 Å². The SMILES string of the molecule is CCn1ncnc1CC(=O)[C@H](N)c1ccccc1. The van der Waals surface area contributed by atoms with Crippen molar-refractivity contribution in [1.82, 2.24) is 14.8 Å². The molecule has 0 spiro atoms. The Bertz CT molecular complexity index is 521. The van der Waals surface area contributed by atoms with E-state index in [4.69, 9.17) is 5.73 Å². The number of carbonyl (C=O) groups is 1. The van der Waals surface area contributed by atoms with E-state index in [1.54, 1.807) is 4.68 Å². The Kier molecular flexibility index (Phi) is 3.84. The summed E-state index contributed by atoms with van der Waals surface area (Å²) in [6, 6.07) is 8.75. The Morgan fingerprint density at radius 1 is 1.39 bits per heavy atom. The van der Waals surface area contributed by atoms with Crippen LogP contribution in [0.2, 0.25) is 0 Å². The Hall–Kier alpha value is -2.01. The zero-order valence-corrected chi connectivity index (χ0v) is 10.3. The molecule has 1 aromatic carbocycles. The maximum absolute atomic E-state index is 12.1. The van der Waals surface area contributed by atoms with Crippen molar-refractivity contribution in [3.63, 3.8) is 0 Å². The van der Waals surface area contributed by atoms with Gasteiger partial charge in [-0.25, -0.2) is 9.67 Å². The van der Waals surface area contributed by atoms with Crippen LogP contribution in [0.3, 0.4) is 0 Å². The van der Waals surface area contributed by atoms with Crippen molar-refractivity contribution in [2.75, 3.05) is 0 Å². The van der Waals surface area contributed by atoms with Crippen LogP contribution in [0.5, 0.6) is 0 Å². The molecule has 5 nitrogen and oxygen atoms in total. The van der Waals surface area contributed by atoms with Gasteiger partial charge in [-0.2, -0.15) is 5.10 Å². The lowest BCUT2D eigenvalue weighted by Gasteiger charge is -2.10. The van der Waals surface area contributed by atoms with Gasteiger partial charge in [0.1, 0.15) is 12.2 Å². The van der Waals surface area contributed by atoms with Gasteiger partial charge in [-0.3, -0.25) is 4.79 Å². The summed E-state index contributed by atoms with van der Waals surface area (Å²) in [5.41, 5.74) is 6.76. The summed E-state index contributed by atoms with van der Waals surface area (Å²) in [5.74, 6) is 0.609. The molecular formula is C13H16N4O. The first kappa shape index (κ1) is 12.4. The minimum Gasteiger partial charge on any atom is -0.318 e. The molecule has 2 rings (SSSR count). The van der Waals surface area contributed by atoms with E-state index in [1.807, 2.05) is 37.3 Å². The average molecular weight is 244 g/mol. The summed E-state index contributed by atoms with van der Waals surface area (Å²) < 4.78 is 1.70. The molecule has 0 aliphatic carbocycles. The third-order valence-electron chi connectivity index (χ3n) is 2.83. The largest absolute Gasteiger partial charge is 0.318 e. The standard InChI is InChI=1S/C13H16N4O/c1-2-17-12(15-9-16-17)8-11(18)13(14)10-6-4-3-5-7-10/h3-7,9,13H,2,8,14H2,1H3/t13-/m1/s1. The summed E-state index contributed by atoms with van der Waals surface area (Å²) in [4.78, 5) is 16.2. The molecule has 0 saturated heterocycles. The summed E-state index contributed by atoms with van der Waals surface area (Å²) in [7, 11) is 0. The molecule has 0 bridgehead atoms. The minimum absolute atomic E-state index is 0.0519. The van der Waals surface area contributed by atoms with Crippen molar-refractivity contribution in [3.8, 4) is 0 Å². The van der Waals surface area contributed by atoms with Crippen LogP contribution >= 0.6 is 0 Å². The molecule has 5 heteroatoms. The molecule has 94 valence electrons. The number of nitrogens with two attached hydrogens (primary N) is 1. The van der Waals surface area contributed by atoms with Crippen LogP contribution in [0.4, 0.5) is 0 Å². The molecule has 0 radical (unpaired) electrons. The number of aryl methyl sites for hydroxylation is 1. The first-order valence-electron chi connectivity index (χ1n) is 5.92. The van der Waals surface area contributed by atoms with Crippen molar-refractivity contribution in [3.05, 3.63) is 48.0 Å². The highest BCUT2D eigenvalue weighted by atomic mass is 16.1. The van der Waals surface area contributed by atoms with Crippen molar-refractivity contribution < 1.29 is 4.79 Å². The van der Waals surface area contributed by atoms with E-state index < -0.39 is 6.04 Å². The predicted molar refractivity (Wildman–Crippen MR) is 67.8 cm³/mol. The van der Waals surface area contributed by atoms with Gasteiger partial charge in [-0.1, -0.05) is 30.3 Å². The van der Waals surface area contributed by atoms with Gasteiger partial charge in [0.15, 0.2) is 5.78 Å². The lowest BCUT2D eigenvalue weighted by molar-refractivity contribution is -0.119. The highest BCUT2D eigenvalue weighted by Crippen LogP contribution is 2.12. The van der Waals surface area contributed by atoms with Crippen LogP contribution in [-0.2, 0) is 17.8 Å². The van der Waals surface area contributed by atoms with Crippen molar-refractivity contribution in [2.45, 2.75) is 25.9 Å². The summed E-state index contributed by atoms with van der Waals surface area (Å²) in [5, 5.41) is 4.03. The maximum Gasteiger partial charge on any atom is 0.161 e. The van der Waals surface area contributed by atoms with Gasteiger partial charge in [-0.15, -0.1) is 0 Å². The fourth-order valence-corrected chi connectivity index (χ4v) is 1.80. The number of Topliss-reactive ketones (excluding diaryl/α,β-unsaturated/α-hetero) is 1. The molecule has 0 unspecified atom stereocenters. The van der Waals surface area contributed by atoms with Gasteiger partial charge in [0.2, 0.25) is 0 Å². The van der Waals surface area contributed by atoms with Gasteiger partial charge in [0, 0.05) is 6.54 Å². The molecule has 2 aromatic rings. The number of rotatable bonds is 5. The van der Waals surface area contributed by atoms with Crippen LogP contribution in [-0.4, -0.2) is 20.5 Å². The van der Waals surface area contributed by atoms with E-state index in [2.05, 4.69) is 10.1 Å². The number of ketones is 1. The zero-order valence-electron chi connectivity index (χ0n) is 10.3. The number of hydrogen-bond donors (Lipinski definition) is 1. The highest BCUT2D eigenvalue weighted by Gasteiger charge is 2.18. The van der Waals surface area contributed by atoms with Crippen LogP contribution < -0.4 is 5.73 Å². The smallest absolute Gasteiger partial charge is 0.161 e. The zero-order chi connectivity index (χ0) is 13.0. The van der Waals surface area contributed by atoms with Crippen molar-refractivity contribution in [1.29, 1.82) is 0 Å². The summed E-state index contributed by atoms with van der Waals surface area (Å²) in [6.45, 7) is 2.66. The van der Waals surface area contributed by atoms with E-state index in [1.165, 1.54) is 6.33 Å². The molecule has 0 aliphatic rings. The Morgan fingerprint density at radius 2 is 2.11 bits per heavy atom. The molecule has 2 N–H and O–H groups in total. The second-order valence-corrected chi connectivity index (χ2v) is 4.02. The molecular weight excluding hydrogens is 228 g/mol. The lowest BCUT2D eigenvalue weighted by Crippen LogP contribution is -2.24. The number of carbonyl (C=O) groups excluding carboxylic acids is 1. The molecule has 1 atom stereocenters. The normalized spacial score (nSPS) is 12.3. The number of nitrogens with zero attached hydrogens (tertiary/aromatic N) is 3. The summed E-state index contributed by atoms with van der Waals surface area (Å²) >= 11 is 0. The monoisotopic (exact) mass is 244 g/mol. The molecule has 1 aromatic heterocycles. The molecule has 0 fully saturated rings.